The molecule has 0 unspecified atom stereocenters. The molecular formula is C21H15BrF3N5O3. The van der Waals surface area contributed by atoms with E-state index in [0.717, 1.165) is 5.52 Å². The van der Waals surface area contributed by atoms with E-state index < -0.39 is 12.1 Å². The van der Waals surface area contributed by atoms with Crippen LogP contribution in [0.1, 0.15) is 5.69 Å². The number of aromatic nitrogens is 3. The van der Waals surface area contributed by atoms with Crippen LogP contribution in [0.5, 0.6) is 17.2 Å². The predicted molar refractivity (Wildman–Crippen MR) is 119 cm³/mol. The lowest BCUT2D eigenvalue weighted by atomic mass is 10.3. The lowest BCUT2D eigenvalue weighted by Crippen LogP contribution is -2.18. The SMILES string of the molecule is Cn1c(Nc2ccc(Br)cc2OC(F)(F)F)nc2cc(Oc3ccnc(C=NO)c3)ccc21. The van der Waals surface area contributed by atoms with E-state index in [0.29, 0.717) is 33.1 Å². The van der Waals surface area contributed by atoms with Gasteiger partial charge in [-0.3, -0.25) is 4.98 Å². The number of alkyl halides is 3. The number of fused-ring (bicyclic) bond motifs is 1. The summed E-state index contributed by atoms with van der Waals surface area (Å²) in [6.45, 7) is 0. The third kappa shape index (κ3) is 5.34. The van der Waals surface area contributed by atoms with Gasteiger partial charge in [0.1, 0.15) is 11.5 Å². The van der Waals surface area contributed by atoms with Crippen molar-refractivity contribution in [3.05, 3.63) is 64.9 Å². The highest BCUT2D eigenvalue weighted by atomic mass is 79.9. The summed E-state index contributed by atoms with van der Waals surface area (Å²) in [6.07, 6.45) is -2.16. The molecule has 2 aromatic carbocycles. The average molecular weight is 522 g/mol. The van der Waals surface area contributed by atoms with E-state index in [1.807, 2.05) is 0 Å². The summed E-state index contributed by atoms with van der Waals surface area (Å²) < 4.78 is 50.5. The van der Waals surface area contributed by atoms with Gasteiger partial charge in [-0.2, -0.15) is 0 Å². The number of ether oxygens (including phenoxy) is 2. The molecule has 0 aliphatic heterocycles. The molecule has 0 fully saturated rings. The van der Waals surface area contributed by atoms with Crippen LogP contribution in [0.2, 0.25) is 0 Å². The number of rotatable bonds is 6. The molecule has 0 amide bonds. The maximum absolute atomic E-state index is 12.8. The summed E-state index contributed by atoms with van der Waals surface area (Å²) in [4.78, 5) is 8.49. The van der Waals surface area contributed by atoms with Crippen LogP contribution in [0.15, 0.2) is 64.4 Å². The number of benzene rings is 2. The van der Waals surface area contributed by atoms with Crippen LogP contribution in [0, 0.1) is 0 Å². The number of nitrogens with zero attached hydrogens (tertiary/aromatic N) is 4. The van der Waals surface area contributed by atoms with Gasteiger partial charge >= 0.3 is 6.36 Å². The fraction of sp³-hybridized carbons (Fsp3) is 0.0952. The first-order valence-electron chi connectivity index (χ1n) is 9.32. The molecule has 0 bridgehead atoms. The molecule has 8 nitrogen and oxygen atoms in total. The van der Waals surface area contributed by atoms with Crippen LogP contribution in [-0.2, 0) is 7.05 Å². The Hall–Kier alpha value is -3.80. The first kappa shape index (κ1) is 22.4. The van der Waals surface area contributed by atoms with Crippen molar-refractivity contribution in [2.45, 2.75) is 6.36 Å². The summed E-state index contributed by atoms with van der Waals surface area (Å²) in [7, 11) is 1.73. The fourth-order valence-corrected chi connectivity index (χ4v) is 3.38. The Morgan fingerprint density at radius 1 is 1.12 bits per heavy atom. The first-order valence-corrected chi connectivity index (χ1v) is 10.1. The van der Waals surface area contributed by atoms with Gasteiger partial charge in [0.15, 0.2) is 5.75 Å². The Bertz CT molecular complexity index is 1340. The third-order valence-corrected chi connectivity index (χ3v) is 4.94. The number of hydrogen-bond donors (Lipinski definition) is 2. The molecule has 4 aromatic rings. The van der Waals surface area contributed by atoms with Gasteiger partial charge in [0.05, 0.1) is 28.6 Å². The van der Waals surface area contributed by atoms with Crippen LogP contribution in [-0.4, -0.2) is 32.3 Å². The molecule has 33 heavy (non-hydrogen) atoms. The normalized spacial score (nSPS) is 11.8. The van der Waals surface area contributed by atoms with Gasteiger partial charge in [-0.05, 0) is 36.4 Å². The van der Waals surface area contributed by atoms with Gasteiger partial charge in [-0.15, -0.1) is 13.2 Å². The minimum absolute atomic E-state index is 0.0975. The van der Waals surface area contributed by atoms with Crippen molar-refractivity contribution in [1.29, 1.82) is 0 Å². The fourth-order valence-electron chi connectivity index (χ4n) is 3.04. The van der Waals surface area contributed by atoms with Crippen LogP contribution >= 0.6 is 15.9 Å². The minimum atomic E-state index is -4.84. The van der Waals surface area contributed by atoms with Crippen molar-refractivity contribution in [3.63, 3.8) is 0 Å². The highest BCUT2D eigenvalue weighted by Gasteiger charge is 2.32. The number of nitrogens with one attached hydrogen (secondary N) is 1. The van der Waals surface area contributed by atoms with Gasteiger partial charge in [0, 0.05) is 29.8 Å². The van der Waals surface area contributed by atoms with E-state index in [9.17, 15) is 13.2 Å². The molecule has 2 heterocycles. The molecule has 2 aromatic heterocycles. The number of oxime groups is 1. The average Bonchev–Trinajstić information content (AvgIpc) is 3.04. The van der Waals surface area contributed by atoms with Crippen molar-refractivity contribution in [3.8, 4) is 17.2 Å². The topological polar surface area (TPSA) is 93.8 Å². The molecule has 0 radical (unpaired) electrons. The Morgan fingerprint density at radius 2 is 1.91 bits per heavy atom. The lowest BCUT2D eigenvalue weighted by molar-refractivity contribution is -0.274. The molecule has 170 valence electrons. The number of imidazole rings is 1. The molecule has 0 saturated heterocycles. The van der Waals surface area contributed by atoms with Crippen LogP contribution in [0.4, 0.5) is 24.8 Å². The van der Waals surface area contributed by atoms with Crippen molar-refractivity contribution in [1.82, 2.24) is 14.5 Å². The zero-order chi connectivity index (χ0) is 23.6. The summed E-state index contributed by atoms with van der Waals surface area (Å²) in [6, 6.07) is 12.7. The van der Waals surface area contributed by atoms with E-state index in [1.54, 1.807) is 48.0 Å². The molecular weight excluding hydrogens is 507 g/mol. The monoisotopic (exact) mass is 521 g/mol. The zero-order valence-electron chi connectivity index (χ0n) is 16.8. The first-order chi connectivity index (χ1) is 15.7. The van der Waals surface area contributed by atoms with Gasteiger partial charge in [0.25, 0.3) is 0 Å². The number of hydrogen-bond acceptors (Lipinski definition) is 7. The third-order valence-electron chi connectivity index (χ3n) is 4.45. The Morgan fingerprint density at radius 3 is 2.67 bits per heavy atom. The second-order valence-electron chi connectivity index (χ2n) is 6.72. The van der Waals surface area contributed by atoms with E-state index in [4.69, 9.17) is 9.94 Å². The Labute approximate surface area is 193 Å². The number of anilines is 2. The highest BCUT2D eigenvalue weighted by molar-refractivity contribution is 9.10. The van der Waals surface area contributed by atoms with E-state index in [2.05, 4.69) is 41.1 Å². The van der Waals surface area contributed by atoms with Crippen molar-refractivity contribution < 1.29 is 27.9 Å². The second-order valence-corrected chi connectivity index (χ2v) is 7.64. The smallest absolute Gasteiger partial charge is 0.457 e. The number of aryl methyl sites for hydroxylation is 1. The quantitative estimate of drug-likeness (QED) is 0.184. The van der Waals surface area contributed by atoms with Gasteiger partial charge in [-0.1, -0.05) is 21.1 Å². The number of pyridine rings is 1. The minimum Gasteiger partial charge on any atom is -0.457 e. The van der Waals surface area contributed by atoms with E-state index in [1.165, 1.54) is 24.5 Å². The molecule has 0 saturated carbocycles. The lowest BCUT2D eigenvalue weighted by Gasteiger charge is -2.14. The van der Waals surface area contributed by atoms with Crippen LogP contribution in [0.25, 0.3) is 11.0 Å². The summed E-state index contributed by atoms with van der Waals surface area (Å²) in [5.41, 5.74) is 1.79. The van der Waals surface area contributed by atoms with E-state index in [-0.39, 0.29) is 5.69 Å². The molecule has 0 spiro atoms. The van der Waals surface area contributed by atoms with Gasteiger partial charge < -0.3 is 24.6 Å². The summed E-state index contributed by atoms with van der Waals surface area (Å²) in [5, 5.41) is 14.5. The molecule has 0 aliphatic rings. The van der Waals surface area contributed by atoms with Crippen molar-refractivity contribution >= 4 is 44.8 Å². The van der Waals surface area contributed by atoms with Crippen molar-refractivity contribution in [2.75, 3.05) is 5.32 Å². The molecule has 4 rings (SSSR count). The Kier molecular flexibility index (Phi) is 6.09. The number of halogens is 4. The molecule has 12 heteroatoms. The zero-order valence-corrected chi connectivity index (χ0v) is 18.4. The molecule has 0 atom stereocenters. The van der Waals surface area contributed by atoms with Crippen LogP contribution in [0.3, 0.4) is 0 Å². The summed E-state index contributed by atoms with van der Waals surface area (Å²) >= 11 is 3.15. The second kappa shape index (κ2) is 8.98. The highest BCUT2D eigenvalue weighted by Crippen LogP contribution is 2.35. The molecule has 0 aliphatic carbocycles. The van der Waals surface area contributed by atoms with Crippen LogP contribution < -0.4 is 14.8 Å². The van der Waals surface area contributed by atoms with Gasteiger partial charge in [-0.25, -0.2) is 4.98 Å². The van der Waals surface area contributed by atoms with Crippen molar-refractivity contribution in [2.24, 2.45) is 12.2 Å². The maximum Gasteiger partial charge on any atom is 0.573 e. The largest absolute Gasteiger partial charge is 0.573 e. The standard InChI is InChI=1S/C21H15BrF3N5O3/c1-30-18-5-3-14(32-15-6-7-26-13(9-15)11-27-31)10-17(18)29-20(30)28-16-4-2-12(22)8-19(16)33-21(23,24)25/h2-11,31H,1H3,(H,28,29). The van der Waals surface area contributed by atoms with Gasteiger partial charge in [0.2, 0.25) is 5.95 Å². The Balaban J connectivity index is 1.62. The summed E-state index contributed by atoms with van der Waals surface area (Å²) in [5.74, 6) is 0.863. The molecule has 2 N–H and O–H groups in total. The van der Waals surface area contributed by atoms with E-state index >= 15 is 0 Å². The predicted octanol–water partition coefficient (Wildman–Crippen LogP) is 5.97. The maximum atomic E-state index is 12.8.